The lowest BCUT2D eigenvalue weighted by Gasteiger charge is -2.42. The van der Waals surface area contributed by atoms with Crippen LogP contribution in [-0.4, -0.2) is 17.0 Å². The number of halogens is 2. The second-order valence-corrected chi connectivity index (χ2v) is 9.05. The number of hydrogen-bond donors (Lipinski definition) is 2. The molecule has 0 saturated carbocycles. The van der Waals surface area contributed by atoms with Crippen molar-refractivity contribution in [3.8, 4) is 0 Å². The number of anilines is 1. The predicted octanol–water partition coefficient (Wildman–Crippen LogP) is 5.57. The van der Waals surface area contributed by atoms with Crippen molar-refractivity contribution in [3.63, 3.8) is 0 Å². The number of nitrogens with one attached hydrogen (secondary N) is 1. The van der Waals surface area contributed by atoms with Gasteiger partial charge in [-0.15, -0.1) is 0 Å². The van der Waals surface area contributed by atoms with Gasteiger partial charge in [0.1, 0.15) is 17.2 Å². The fourth-order valence-corrected chi connectivity index (χ4v) is 3.96. The Morgan fingerprint density at radius 3 is 1.90 bits per heavy atom. The number of carbonyl (C=O) groups excluding carboxylic acids is 1. The Morgan fingerprint density at radius 2 is 1.41 bits per heavy atom. The third kappa shape index (κ3) is 3.76. The van der Waals surface area contributed by atoms with Crippen LogP contribution in [-0.2, 0) is 10.8 Å². The van der Waals surface area contributed by atoms with Gasteiger partial charge in [-0.1, -0.05) is 33.8 Å². The van der Waals surface area contributed by atoms with Crippen LogP contribution >= 0.6 is 0 Å². The molecular formula is C23H25F2NO3. The third-order valence-corrected chi connectivity index (χ3v) is 5.96. The van der Waals surface area contributed by atoms with E-state index in [1.165, 1.54) is 5.56 Å². The topological polar surface area (TPSA) is 66.4 Å². The molecule has 154 valence electrons. The second kappa shape index (κ2) is 6.94. The molecule has 3 rings (SSSR count). The molecule has 0 radical (unpaired) electrons. The van der Waals surface area contributed by atoms with Crippen LogP contribution in [0.15, 0.2) is 24.3 Å². The maximum absolute atomic E-state index is 14.0. The molecule has 6 heteroatoms. The highest BCUT2D eigenvalue weighted by Crippen LogP contribution is 2.47. The minimum atomic E-state index is -1.72. The Kier molecular flexibility index (Phi) is 5.01. The van der Waals surface area contributed by atoms with E-state index in [1.54, 1.807) is 0 Å². The summed E-state index contributed by atoms with van der Waals surface area (Å²) < 4.78 is 27.9. The Balaban J connectivity index is 1.99. The number of carbonyl (C=O) groups is 2. The van der Waals surface area contributed by atoms with Crippen molar-refractivity contribution in [3.05, 3.63) is 63.7 Å². The maximum Gasteiger partial charge on any atom is 0.341 e. The second-order valence-electron chi connectivity index (χ2n) is 9.05. The summed E-state index contributed by atoms with van der Waals surface area (Å²) in [5.41, 5.74) is 2.43. The van der Waals surface area contributed by atoms with Crippen LogP contribution in [0.1, 0.15) is 77.9 Å². The summed E-state index contributed by atoms with van der Waals surface area (Å²) in [4.78, 5) is 23.5. The monoisotopic (exact) mass is 401 g/mol. The zero-order valence-electron chi connectivity index (χ0n) is 17.2. The summed E-state index contributed by atoms with van der Waals surface area (Å²) in [6, 6.07) is 5.49. The molecule has 29 heavy (non-hydrogen) atoms. The number of carboxylic acids is 1. The fraction of sp³-hybridized carbons (Fsp3) is 0.391. The number of carboxylic acid groups (broad SMARTS) is 1. The molecule has 0 saturated heterocycles. The van der Waals surface area contributed by atoms with Gasteiger partial charge in [0.15, 0.2) is 0 Å². The average molecular weight is 401 g/mol. The van der Waals surface area contributed by atoms with Crippen molar-refractivity contribution >= 4 is 17.6 Å². The van der Waals surface area contributed by atoms with E-state index in [1.807, 2.05) is 13.0 Å². The minimum Gasteiger partial charge on any atom is -0.477 e. The number of rotatable bonds is 3. The maximum atomic E-state index is 14.0. The Labute approximate surface area is 168 Å². The van der Waals surface area contributed by atoms with Crippen LogP contribution in [0, 0.1) is 18.6 Å². The van der Waals surface area contributed by atoms with Crippen LogP contribution in [0.5, 0.6) is 0 Å². The van der Waals surface area contributed by atoms with Crippen molar-refractivity contribution in [1.29, 1.82) is 0 Å². The van der Waals surface area contributed by atoms with Crippen LogP contribution in [0.2, 0.25) is 0 Å². The molecule has 1 aliphatic rings. The van der Waals surface area contributed by atoms with E-state index < -0.39 is 29.1 Å². The molecule has 0 aliphatic heterocycles. The molecule has 0 aromatic heterocycles. The van der Waals surface area contributed by atoms with Crippen molar-refractivity contribution in [2.24, 2.45) is 0 Å². The lowest BCUT2D eigenvalue weighted by Crippen LogP contribution is -2.34. The van der Waals surface area contributed by atoms with Crippen molar-refractivity contribution in [2.75, 3.05) is 5.32 Å². The van der Waals surface area contributed by atoms with Crippen molar-refractivity contribution in [2.45, 2.75) is 58.3 Å². The average Bonchev–Trinajstić information content (AvgIpc) is 2.59. The molecule has 2 aromatic rings. The van der Waals surface area contributed by atoms with Gasteiger partial charge < -0.3 is 10.4 Å². The Bertz CT molecular complexity index is 1000. The zero-order valence-corrected chi connectivity index (χ0v) is 17.2. The fourth-order valence-electron chi connectivity index (χ4n) is 3.96. The molecule has 0 fully saturated rings. The molecule has 0 atom stereocenters. The molecule has 4 nitrogen and oxygen atoms in total. The highest BCUT2D eigenvalue weighted by Gasteiger charge is 2.37. The number of aryl methyl sites for hydroxylation is 1. The first-order chi connectivity index (χ1) is 13.3. The van der Waals surface area contributed by atoms with Gasteiger partial charge in [-0.3, -0.25) is 4.79 Å². The smallest absolute Gasteiger partial charge is 0.341 e. The molecule has 1 amide bonds. The Morgan fingerprint density at radius 1 is 0.931 bits per heavy atom. The first kappa shape index (κ1) is 21.0. The van der Waals surface area contributed by atoms with Gasteiger partial charge in [0, 0.05) is 11.3 Å². The summed E-state index contributed by atoms with van der Waals surface area (Å²) in [5.74, 6) is -4.99. The SMILES string of the molecule is Cc1cc2c(cc1NC(=O)c1cc(F)c(C(=O)O)c(F)c1)C(C)(C)CCC2(C)C. The molecule has 2 aromatic carbocycles. The van der Waals surface area contributed by atoms with Crippen LogP contribution in [0.4, 0.5) is 14.5 Å². The van der Waals surface area contributed by atoms with Gasteiger partial charge in [-0.05, 0) is 65.5 Å². The van der Waals surface area contributed by atoms with Gasteiger partial charge in [0.25, 0.3) is 5.91 Å². The van der Waals surface area contributed by atoms with Gasteiger partial charge >= 0.3 is 5.97 Å². The van der Waals surface area contributed by atoms with E-state index in [0.29, 0.717) is 5.69 Å². The summed E-state index contributed by atoms with van der Waals surface area (Å²) in [6.45, 7) is 10.6. The first-order valence-corrected chi connectivity index (χ1v) is 9.53. The van der Waals surface area contributed by atoms with Gasteiger partial charge in [-0.2, -0.15) is 0 Å². The van der Waals surface area contributed by atoms with Crippen LogP contribution < -0.4 is 5.32 Å². The number of amides is 1. The largest absolute Gasteiger partial charge is 0.477 e. The minimum absolute atomic E-state index is 0.0249. The summed E-state index contributed by atoms with van der Waals surface area (Å²) >= 11 is 0. The first-order valence-electron chi connectivity index (χ1n) is 9.53. The van der Waals surface area contributed by atoms with E-state index in [2.05, 4.69) is 39.1 Å². The molecular weight excluding hydrogens is 376 g/mol. The van der Waals surface area contributed by atoms with Crippen molar-refractivity contribution in [1.82, 2.24) is 0 Å². The normalized spacial score (nSPS) is 16.8. The Hall–Kier alpha value is -2.76. The van der Waals surface area contributed by atoms with Gasteiger partial charge in [-0.25, -0.2) is 13.6 Å². The summed E-state index contributed by atoms with van der Waals surface area (Å²) in [7, 11) is 0. The van der Waals surface area contributed by atoms with Crippen LogP contribution in [0.25, 0.3) is 0 Å². The molecule has 0 unspecified atom stereocenters. The highest BCUT2D eigenvalue weighted by atomic mass is 19.1. The molecule has 0 heterocycles. The molecule has 0 bridgehead atoms. The van der Waals surface area contributed by atoms with E-state index in [9.17, 15) is 18.4 Å². The number of aromatic carboxylic acids is 1. The highest BCUT2D eigenvalue weighted by molar-refractivity contribution is 6.05. The zero-order chi connectivity index (χ0) is 21.7. The number of fused-ring (bicyclic) bond motifs is 1. The quantitative estimate of drug-likeness (QED) is 0.706. The summed E-state index contributed by atoms with van der Waals surface area (Å²) in [5, 5.41) is 11.6. The van der Waals surface area contributed by atoms with Crippen molar-refractivity contribution < 1.29 is 23.5 Å². The molecule has 2 N–H and O–H groups in total. The van der Waals surface area contributed by atoms with Crippen LogP contribution in [0.3, 0.4) is 0 Å². The van der Waals surface area contributed by atoms with Gasteiger partial charge in [0.2, 0.25) is 0 Å². The summed E-state index contributed by atoms with van der Waals surface area (Å²) in [6.07, 6.45) is 2.07. The van der Waals surface area contributed by atoms with Gasteiger partial charge in [0.05, 0.1) is 0 Å². The molecule has 0 spiro atoms. The predicted molar refractivity (Wildman–Crippen MR) is 108 cm³/mol. The lowest BCUT2D eigenvalue weighted by molar-refractivity contribution is 0.0685. The van der Waals surface area contributed by atoms with E-state index in [-0.39, 0.29) is 16.4 Å². The van der Waals surface area contributed by atoms with E-state index in [0.717, 1.165) is 36.1 Å². The molecule has 1 aliphatic carbocycles. The third-order valence-electron chi connectivity index (χ3n) is 5.96. The standard InChI is InChI=1S/C23H25F2NO3/c1-12-8-14-15(23(4,5)7-6-22(14,2)3)11-18(12)26-20(27)13-9-16(24)19(21(28)29)17(25)10-13/h8-11H,6-7H2,1-5H3,(H,26,27)(H,28,29). The van der Waals surface area contributed by atoms with E-state index >= 15 is 0 Å². The lowest BCUT2D eigenvalue weighted by atomic mass is 9.63. The van der Waals surface area contributed by atoms with E-state index in [4.69, 9.17) is 5.11 Å². The number of hydrogen-bond acceptors (Lipinski definition) is 2. The number of benzene rings is 2.